The Morgan fingerprint density at radius 2 is 1.78 bits per heavy atom. The Balaban J connectivity index is 1.86. The molecular weight excluding hydrogens is 370 g/mol. The molecule has 0 fully saturated rings. The molecule has 0 aromatic heterocycles. The number of carbonyl (C=O) groups is 2. The van der Waals surface area contributed by atoms with E-state index in [0.29, 0.717) is 17.9 Å². The molecule has 0 spiro atoms. The molecule has 2 aromatic rings. The van der Waals surface area contributed by atoms with Gasteiger partial charge in [0.15, 0.2) is 0 Å². The van der Waals surface area contributed by atoms with Crippen molar-refractivity contribution in [3.05, 3.63) is 59.7 Å². The Labute approximate surface area is 157 Å². The van der Waals surface area contributed by atoms with Gasteiger partial charge in [-0.3, -0.25) is 15.0 Å². The molecule has 144 valence electrons. The summed E-state index contributed by atoms with van der Waals surface area (Å²) in [7, 11) is -3.93. The van der Waals surface area contributed by atoms with E-state index >= 15 is 0 Å². The van der Waals surface area contributed by atoms with E-state index in [4.69, 9.17) is 4.74 Å². The van der Waals surface area contributed by atoms with Gasteiger partial charge in [0.1, 0.15) is 5.75 Å². The summed E-state index contributed by atoms with van der Waals surface area (Å²) in [5.74, 6) is -0.590. The number of nitrogens with one attached hydrogen (secondary N) is 3. The van der Waals surface area contributed by atoms with Gasteiger partial charge >= 0.3 is 0 Å². The van der Waals surface area contributed by atoms with Gasteiger partial charge in [0.05, 0.1) is 18.0 Å². The molecule has 0 heterocycles. The fourth-order valence-corrected chi connectivity index (χ4v) is 3.02. The van der Waals surface area contributed by atoms with Crippen molar-refractivity contribution in [2.45, 2.75) is 18.7 Å². The quantitative estimate of drug-likeness (QED) is 0.584. The molecule has 27 heavy (non-hydrogen) atoms. The van der Waals surface area contributed by atoms with Crippen LogP contribution in [0.2, 0.25) is 0 Å². The van der Waals surface area contributed by atoms with Gasteiger partial charge in [-0.1, -0.05) is 17.7 Å². The van der Waals surface area contributed by atoms with E-state index in [-0.39, 0.29) is 11.4 Å². The van der Waals surface area contributed by atoms with Crippen LogP contribution in [0.25, 0.3) is 0 Å². The minimum absolute atomic E-state index is 0.0324. The monoisotopic (exact) mass is 391 g/mol. The van der Waals surface area contributed by atoms with Gasteiger partial charge in [-0.05, 0) is 50.2 Å². The Morgan fingerprint density at radius 3 is 2.41 bits per heavy atom. The van der Waals surface area contributed by atoms with Crippen molar-refractivity contribution >= 4 is 21.8 Å². The van der Waals surface area contributed by atoms with Gasteiger partial charge in [-0.15, -0.1) is 4.83 Å². The number of hydrazine groups is 1. The number of ether oxygens (including phenoxy) is 1. The van der Waals surface area contributed by atoms with Gasteiger partial charge in [-0.25, -0.2) is 8.42 Å². The lowest BCUT2D eigenvalue weighted by molar-refractivity contribution is -0.120. The highest BCUT2D eigenvalue weighted by molar-refractivity contribution is 7.89. The number of benzene rings is 2. The molecule has 2 aromatic carbocycles. The van der Waals surface area contributed by atoms with Crippen molar-refractivity contribution in [2.75, 3.05) is 13.2 Å². The topological polar surface area (TPSA) is 114 Å². The highest BCUT2D eigenvalue weighted by atomic mass is 32.2. The van der Waals surface area contributed by atoms with Crippen molar-refractivity contribution in [3.63, 3.8) is 0 Å². The normalized spacial score (nSPS) is 10.9. The summed E-state index contributed by atoms with van der Waals surface area (Å²) in [6.45, 7) is 3.76. The maximum absolute atomic E-state index is 12.1. The zero-order valence-electron chi connectivity index (χ0n) is 15.0. The van der Waals surface area contributed by atoms with Crippen LogP contribution in [0, 0.1) is 6.92 Å². The molecule has 8 nitrogen and oxygen atoms in total. The van der Waals surface area contributed by atoms with Crippen LogP contribution < -0.4 is 20.3 Å². The van der Waals surface area contributed by atoms with Crippen molar-refractivity contribution in [1.82, 2.24) is 15.6 Å². The second-order valence-corrected chi connectivity index (χ2v) is 7.29. The Kier molecular flexibility index (Phi) is 6.91. The average Bonchev–Trinajstić information content (AvgIpc) is 2.65. The minimum Gasteiger partial charge on any atom is -0.494 e. The SMILES string of the molecule is CCOc1ccc(S(=O)(=O)NNC(=O)CNC(=O)c2cccc(C)c2)cc1. The van der Waals surface area contributed by atoms with Gasteiger partial charge in [0.2, 0.25) is 0 Å². The zero-order chi connectivity index (χ0) is 19.9. The van der Waals surface area contributed by atoms with Crippen LogP contribution in [0.15, 0.2) is 53.4 Å². The van der Waals surface area contributed by atoms with E-state index < -0.39 is 21.8 Å². The molecule has 0 saturated heterocycles. The third-order valence-corrected chi connectivity index (χ3v) is 4.72. The lowest BCUT2D eigenvalue weighted by Crippen LogP contribution is -2.46. The summed E-state index contributed by atoms with van der Waals surface area (Å²) in [4.78, 5) is 25.7. The smallest absolute Gasteiger partial charge is 0.257 e. The van der Waals surface area contributed by atoms with Gasteiger partial charge in [0.25, 0.3) is 21.8 Å². The van der Waals surface area contributed by atoms with Crippen LogP contribution in [0.5, 0.6) is 5.75 Å². The molecule has 2 amide bonds. The molecule has 3 N–H and O–H groups in total. The Bertz CT molecular complexity index is 911. The predicted octanol–water partition coefficient (Wildman–Crippen LogP) is 1.13. The summed E-state index contributed by atoms with van der Waals surface area (Å²) in [5, 5.41) is 2.42. The number of hydrogen-bond acceptors (Lipinski definition) is 5. The van der Waals surface area contributed by atoms with Crippen LogP contribution in [0.3, 0.4) is 0 Å². The number of rotatable bonds is 8. The fraction of sp³-hybridized carbons (Fsp3) is 0.222. The maximum Gasteiger partial charge on any atom is 0.257 e. The van der Waals surface area contributed by atoms with Gasteiger partial charge < -0.3 is 10.1 Å². The van der Waals surface area contributed by atoms with E-state index in [1.807, 2.05) is 24.7 Å². The Hall–Kier alpha value is -2.91. The fourth-order valence-electron chi connectivity index (χ4n) is 2.16. The molecular formula is C18H21N3O5S. The lowest BCUT2D eigenvalue weighted by atomic mass is 10.1. The van der Waals surface area contributed by atoms with Crippen LogP contribution in [-0.2, 0) is 14.8 Å². The largest absolute Gasteiger partial charge is 0.494 e. The lowest BCUT2D eigenvalue weighted by Gasteiger charge is -2.10. The van der Waals surface area contributed by atoms with Gasteiger partial charge in [-0.2, -0.15) is 0 Å². The summed E-state index contributed by atoms with van der Waals surface area (Å²) in [6.07, 6.45) is 0. The summed E-state index contributed by atoms with van der Waals surface area (Å²) < 4.78 is 29.5. The standard InChI is InChI=1S/C18H21N3O5S/c1-3-26-15-7-9-16(10-8-15)27(24,25)21-20-17(22)12-19-18(23)14-6-4-5-13(2)11-14/h4-11,21H,3,12H2,1-2H3,(H,19,23)(H,20,22). The van der Waals surface area contributed by atoms with E-state index in [1.165, 1.54) is 24.3 Å². The zero-order valence-corrected chi connectivity index (χ0v) is 15.8. The first-order valence-electron chi connectivity index (χ1n) is 8.20. The van der Waals surface area contributed by atoms with Crippen LogP contribution in [0.1, 0.15) is 22.8 Å². The van der Waals surface area contributed by atoms with Crippen LogP contribution in [0.4, 0.5) is 0 Å². The first kappa shape index (κ1) is 20.4. The van der Waals surface area contributed by atoms with E-state index in [2.05, 4.69) is 10.7 Å². The number of sulfonamides is 1. The molecule has 0 bridgehead atoms. The summed E-state index contributed by atoms with van der Waals surface area (Å²) in [5.41, 5.74) is 3.38. The van der Waals surface area contributed by atoms with E-state index in [9.17, 15) is 18.0 Å². The third kappa shape index (κ3) is 6.08. The van der Waals surface area contributed by atoms with Gasteiger partial charge in [0, 0.05) is 5.56 Å². The van der Waals surface area contributed by atoms with Crippen molar-refractivity contribution in [3.8, 4) is 5.75 Å². The first-order valence-corrected chi connectivity index (χ1v) is 9.68. The number of aryl methyl sites for hydroxylation is 1. The van der Waals surface area contributed by atoms with Crippen molar-refractivity contribution < 1.29 is 22.7 Å². The van der Waals surface area contributed by atoms with Crippen molar-refractivity contribution in [1.29, 1.82) is 0 Å². The van der Waals surface area contributed by atoms with Crippen LogP contribution >= 0.6 is 0 Å². The predicted molar refractivity (Wildman–Crippen MR) is 99.6 cm³/mol. The maximum atomic E-state index is 12.1. The Morgan fingerprint density at radius 1 is 1.07 bits per heavy atom. The molecule has 0 saturated carbocycles. The molecule has 0 aliphatic heterocycles. The number of amides is 2. The minimum atomic E-state index is -3.93. The summed E-state index contributed by atoms with van der Waals surface area (Å²) >= 11 is 0. The first-order chi connectivity index (χ1) is 12.8. The highest BCUT2D eigenvalue weighted by Crippen LogP contribution is 2.15. The third-order valence-electron chi connectivity index (χ3n) is 3.46. The molecule has 0 atom stereocenters. The molecule has 0 radical (unpaired) electrons. The molecule has 0 aliphatic rings. The molecule has 0 aliphatic carbocycles. The summed E-state index contributed by atoms with van der Waals surface area (Å²) in [6, 6.07) is 12.6. The average molecular weight is 391 g/mol. The molecule has 2 rings (SSSR count). The van der Waals surface area contributed by atoms with E-state index in [1.54, 1.807) is 18.2 Å². The number of hydrogen-bond donors (Lipinski definition) is 3. The van der Waals surface area contributed by atoms with Crippen LogP contribution in [-0.4, -0.2) is 33.4 Å². The number of carbonyl (C=O) groups excluding carboxylic acids is 2. The van der Waals surface area contributed by atoms with E-state index in [0.717, 1.165) is 5.56 Å². The van der Waals surface area contributed by atoms with Crippen molar-refractivity contribution in [2.24, 2.45) is 0 Å². The molecule has 0 unspecified atom stereocenters. The second kappa shape index (κ2) is 9.15. The second-order valence-electron chi connectivity index (χ2n) is 5.61. The highest BCUT2D eigenvalue weighted by Gasteiger charge is 2.15. The molecule has 9 heteroatoms.